The minimum absolute atomic E-state index is 0.159. The topological polar surface area (TPSA) is 15.3 Å². The van der Waals surface area contributed by atoms with E-state index >= 15 is 0 Å². The lowest BCUT2D eigenvalue weighted by Crippen LogP contribution is -2.12. The van der Waals surface area contributed by atoms with Gasteiger partial charge < -0.3 is 10.2 Å². The molecule has 0 amide bonds. The standard InChI is InChI=1S/C17H20Cl2N2/c1-4-17(15-9-8-12(18)10-16(15)19)20-13-6-5-7-14(11-13)21(2)3/h5-11,17,20H,4H2,1-3H3. The van der Waals surface area contributed by atoms with Gasteiger partial charge in [-0.15, -0.1) is 0 Å². The first-order valence-corrected chi connectivity index (χ1v) is 7.75. The Morgan fingerprint density at radius 2 is 1.86 bits per heavy atom. The van der Waals surface area contributed by atoms with Crippen molar-refractivity contribution in [1.29, 1.82) is 0 Å². The highest BCUT2D eigenvalue weighted by atomic mass is 35.5. The molecule has 1 unspecified atom stereocenters. The first-order chi connectivity index (χ1) is 10.0. The van der Waals surface area contributed by atoms with E-state index in [0.717, 1.165) is 23.4 Å². The summed E-state index contributed by atoms with van der Waals surface area (Å²) in [6.45, 7) is 2.14. The van der Waals surface area contributed by atoms with Crippen molar-refractivity contribution < 1.29 is 0 Å². The fraction of sp³-hybridized carbons (Fsp3) is 0.294. The molecule has 1 atom stereocenters. The average molecular weight is 323 g/mol. The van der Waals surface area contributed by atoms with Crippen LogP contribution in [0, 0.1) is 0 Å². The Hall–Kier alpha value is -1.38. The summed E-state index contributed by atoms with van der Waals surface area (Å²) in [5.41, 5.74) is 3.31. The summed E-state index contributed by atoms with van der Waals surface area (Å²) in [7, 11) is 4.07. The van der Waals surface area contributed by atoms with Crippen molar-refractivity contribution in [3.05, 3.63) is 58.1 Å². The van der Waals surface area contributed by atoms with Gasteiger partial charge in [0.25, 0.3) is 0 Å². The molecule has 0 heterocycles. The predicted octanol–water partition coefficient (Wildman–Crippen LogP) is 5.62. The zero-order chi connectivity index (χ0) is 15.4. The zero-order valence-corrected chi connectivity index (χ0v) is 14.0. The van der Waals surface area contributed by atoms with E-state index in [-0.39, 0.29) is 6.04 Å². The van der Waals surface area contributed by atoms with Gasteiger partial charge in [-0.05, 0) is 42.3 Å². The van der Waals surface area contributed by atoms with Gasteiger partial charge in [0.15, 0.2) is 0 Å². The number of halogens is 2. The van der Waals surface area contributed by atoms with Gasteiger partial charge in [0.05, 0.1) is 6.04 Å². The molecule has 2 aromatic rings. The van der Waals surface area contributed by atoms with Crippen molar-refractivity contribution in [1.82, 2.24) is 0 Å². The molecular formula is C17H20Cl2N2. The van der Waals surface area contributed by atoms with Gasteiger partial charge >= 0.3 is 0 Å². The number of hydrogen-bond acceptors (Lipinski definition) is 2. The first-order valence-electron chi connectivity index (χ1n) is 7.00. The van der Waals surface area contributed by atoms with Gasteiger partial charge in [-0.25, -0.2) is 0 Å². The summed E-state index contributed by atoms with van der Waals surface area (Å²) in [5.74, 6) is 0. The number of anilines is 2. The number of benzene rings is 2. The molecular weight excluding hydrogens is 303 g/mol. The number of nitrogens with zero attached hydrogens (tertiary/aromatic N) is 1. The average Bonchev–Trinajstić information content (AvgIpc) is 2.45. The van der Waals surface area contributed by atoms with Crippen LogP contribution in [0.2, 0.25) is 10.0 Å². The third-order valence-corrected chi connectivity index (χ3v) is 4.01. The van der Waals surface area contributed by atoms with Crippen LogP contribution in [0.25, 0.3) is 0 Å². The second-order valence-corrected chi connectivity index (χ2v) is 6.06. The highest BCUT2D eigenvalue weighted by Gasteiger charge is 2.13. The summed E-state index contributed by atoms with van der Waals surface area (Å²) in [4.78, 5) is 2.08. The van der Waals surface area contributed by atoms with E-state index in [0.29, 0.717) is 10.0 Å². The van der Waals surface area contributed by atoms with Crippen molar-refractivity contribution in [2.45, 2.75) is 19.4 Å². The van der Waals surface area contributed by atoms with Crippen LogP contribution in [0.4, 0.5) is 11.4 Å². The van der Waals surface area contributed by atoms with E-state index in [2.05, 4.69) is 35.3 Å². The van der Waals surface area contributed by atoms with Crippen molar-refractivity contribution in [3.63, 3.8) is 0 Å². The lowest BCUT2D eigenvalue weighted by atomic mass is 10.0. The monoisotopic (exact) mass is 322 g/mol. The lowest BCUT2D eigenvalue weighted by Gasteiger charge is -2.21. The maximum atomic E-state index is 6.32. The second-order valence-electron chi connectivity index (χ2n) is 5.22. The van der Waals surface area contributed by atoms with Crippen LogP contribution in [-0.4, -0.2) is 14.1 Å². The van der Waals surface area contributed by atoms with E-state index < -0.39 is 0 Å². The van der Waals surface area contributed by atoms with Crippen molar-refractivity contribution >= 4 is 34.6 Å². The Balaban J connectivity index is 2.24. The molecule has 0 aliphatic rings. The first kappa shape index (κ1) is 16.0. The van der Waals surface area contributed by atoms with E-state index in [1.165, 1.54) is 0 Å². The van der Waals surface area contributed by atoms with Crippen LogP contribution in [0.3, 0.4) is 0 Å². The molecule has 2 nitrogen and oxygen atoms in total. The van der Waals surface area contributed by atoms with Crippen LogP contribution in [-0.2, 0) is 0 Å². The molecule has 0 saturated carbocycles. The summed E-state index contributed by atoms with van der Waals surface area (Å²) < 4.78 is 0. The summed E-state index contributed by atoms with van der Waals surface area (Å²) in [5, 5.41) is 4.91. The second kappa shape index (κ2) is 7.06. The minimum atomic E-state index is 0.159. The minimum Gasteiger partial charge on any atom is -0.378 e. The number of nitrogens with one attached hydrogen (secondary N) is 1. The van der Waals surface area contributed by atoms with Crippen LogP contribution >= 0.6 is 23.2 Å². The molecule has 0 bridgehead atoms. The zero-order valence-electron chi connectivity index (χ0n) is 12.5. The van der Waals surface area contributed by atoms with Gasteiger partial charge in [0.1, 0.15) is 0 Å². The van der Waals surface area contributed by atoms with Gasteiger partial charge in [-0.1, -0.05) is 42.3 Å². The molecule has 4 heteroatoms. The fourth-order valence-corrected chi connectivity index (χ4v) is 2.80. The largest absolute Gasteiger partial charge is 0.378 e. The molecule has 0 spiro atoms. The van der Waals surface area contributed by atoms with Crippen LogP contribution in [0.1, 0.15) is 24.9 Å². The van der Waals surface area contributed by atoms with Crippen molar-refractivity contribution in [2.75, 3.05) is 24.3 Å². The Morgan fingerprint density at radius 3 is 2.48 bits per heavy atom. The van der Waals surface area contributed by atoms with E-state index in [9.17, 15) is 0 Å². The highest BCUT2D eigenvalue weighted by Crippen LogP contribution is 2.31. The van der Waals surface area contributed by atoms with Gasteiger partial charge in [0.2, 0.25) is 0 Å². The molecule has 1 N–H and O–H groups in total. The fourth-order valence-electron chi connectivity index (χ4n) is 2.26. The van der Waals surface area contributed by atoms with Gasteiger partial charge in [-0.2, -0.15) is 0 Å². The number of hydrogen-bond donors (Lipinski definition) is 1. The normalized spacial score (nSPS) is 12.0. The number of rotatable bonds is 5. The third kappa shape index (κ3) is 4.05. The molecule has 21 heavy (non-hydrogen) atoms. The van der Waals surface area contributed by atoms with E-state index in [1.807, 2.05) is 32.3 Å². The van der Waals surface area contributed by atoms with Crippen LogP contribution in [0.15, 0.2) is 42.5 Å². The molecule has 0 aliphatic heterocycles. The summed E-state index contributed by atoms with van der Waals surface area (Å²) in [6.07, 6.45) is 0.938. The molecule has 112 valence electrons. The molecule has 0 radical (unpaired) electrons. The predicted molar refractivity (Wildman–Crippen MR) is 93.9 cm³/mol. The summed E-state index contributed by atoms with van der Waals surface area (Å²) in [6, 6.07) is 14.2. The molecule has 0 aliphatic carbocycles. The van der Waals surface area contributed by atoms with Crippen molar-refractivity contribution in [2.24, 2.45) is 0 Å². The molecule has 0 aromatic heterocycles. The van der Waals surface area contributed by atoms with E-state index in [1.54, 1.807) is 6.07 Å². The Kier molecular flexibility index (Phi) is 5.38. The highest BCUT2D eigenvalue weighted by molar-refractivity contribution is 6.35. The Bertz CT molecular complexity index is 611. The maximum Gasteiger partial charge on any atom is 0.0525 e. The Morgan fingerprint density at radius 1 is 1.10 bits per heavy atom. The lowest BCUT2D eigenvalue weighted by molar-refractivity contribution is 0.749. The smallest absolute Gasteiger partial charge is 0.0525 e. The molecule has 2 rings (SSSR count). The quantitative estimate of drug-likeness (QED) is 0.768. The Labute approximate surface area is 136 Å². The summed E-state index contributed by atoms with van der Waals surface area (Å²) >= 11 is 12.3. The maximum absolute atomic E-state index is 6.32. The SMILES string of the molecule is CCC(Nc1cccc(N(C)C)c1)c1ccc(Cl)cc1Cl. The van der Waals surface area contributed by atoms with Gasteiger partial charge in [-0.3, -0.25) is 0 Å². The molecule has 0 saturated heterocycles. The molecule has 2 aromatic carbocycles. The molecule has 0 fully saturated rings. The van der Waals surface area contributed by atoms with Crippen LogP contribution < -0.4 is 10.2 Å². The third-order valence-electron chi connectivity index (χ3n) is 3.45. The van der Waals surface area contributed by atoms with Crippen LogP contribution in [0.5, 0.6) is 0 Å². The van der Waals surface area contributed by atoms with Gasteiger partial charge in [0, 0.05) is 35.5 Å². The van der Waals surface area contributed by atoms with E-state index in [4.69, 9.17) is 23.2 Å². The van der Waals surface area contributed by atoms with Crippen molar-refractivity contribution in [3.8, 4) is 0 Å².